The standard InChI is InChI=1S/C23H25N3O7S/c1-13-8-17-19(33-14(2)22(27)25-17)10-21(13)34(29,30)26-7-3-4-15(11-26)23(28)24-16-5-6-18-20(9-16)32-12-31-18/h5-6,8-10,14-15H,3-4,7,11-12H2,1-2H3,(H,24,28)(H,25,27). The molecule has 2 aromatic carbocycles. The molecule has 3 aliphatic rings. The van der Waals surface area contributed by atoms with Crippen LogP contribution < -0.4 is 24.8 Å². The van der Waals surface area contributed by atoms with Crippen molar-refractivity contribution in [1.29, 1.82) is 0 Å². The maximum Gasteiger partial charge on any atom is 0.265 e. The van der Waals surface area contributed by atoms with Crippen molar-refractivity contribution in [1.82, 2.24) is 4.31 Å². The van der Waals surface area contributed by atoms with E-state index < -0.39 is 22.0 Å². The van der Waals surface area contributed by atoms with Crippen LogP contribution in [0.25, 0.3) is 0 Å². The molecule has 0 aliphatic carbocycles. The highest BCUT2D eigenvalue weighted by molar-refractivity contribution is 7.89. The van der Waals surface area contributed by atoms with Gasteiger partial charge in [-0.05, 0) is 50.5 Å². The van der Waals surface area contributed by atoms with Gasteiger partial charge in [-0.2, -0.15) is 4.31 Å². The van der Waals surface area contributed by atoms with Crippen LogP contribution in [0.3, 0.4) is 0 Å². The second-order valence-electron chi connectivity index (χ2n) is 8.62. The summed E-state index contributed by atoms with van der Waals surface area (Å²) < 4.78 is 44.6. The predicted octanol–water partition coefficient (Wildman–Crippen LogP) is 2.48. The number of carbonyl (C=O) groups excluding carboxylic acids is 2. The van der Waals surface area contributed by atoms with Crippen molar-refractivity contribution in [2.45, 2.75) is 37.7 Å². The molecule has 5 rings (SSSR count). The van der Waals surface area contributed by atoms with Crippen LogP contribution in [0.2, 0.25) is 0 Å². The zero-order valence-corrected chi connectivity index (χ0v) is 19.6. The Balaban J connectivity index is 1.33. The van der Waals surface area contributed by atoms with E-state index in [0.29, 0.717) is 53.6 Å². The highest BCUT2D eigenvalue weighted by Crippen LogP contribution is 2.37. The number of fused-ring (bicyclic) bond motifs is 2. The molecule has 2 amide bonds. The predicted molar refractivity (Wildman–Crippen MR) is 123 cm³/mol. The molecule has 0 aromatic heterocycles. The average Bonchev–Trinajstić information content (AvgIpc) is 3.28. The summed E-state index contributed by atoms with van der Waals surface area (Å²) in [5, 5.41) is 5.59. The highest BCUT2D eigenvalue weighted by Gasteiger charge is 2.35. The number of hydrogen-bond donors (Lipinski definition) is 2. The van der Waals surface area contributed by atoms with Gasteiger partial charge in [-0.3, -0.25) is 9.59 Å². The van der Waals surface area contributed by atoms with E-state index in [1.54, 1.807) is 38.1 Å². The van der Waals surface area contributed by atoms with Crippen molar-refractivity contribution in [2.75, 3.05) is 30.5 Å². The molecule has 0 radical (unpaired) electrons. The zero-order valence-electron chi connectivity index (χ0n) is 18.8. The third-order valence-electron chi connectivity index (χ3n) is 6.22. The largest absolute Gasteiger partial charge is 0.479 e. The van der Waals surface area contributed by atoms with Gasteiger partial charge < -0.3 is 24.8 Å². The molecule has 0 bridgehead atoms. The first kappa shape index (κ1) is 22.5. The van der Waals surface area contributed by atoms with Crippen molar-refractivity contribution in [3.05, 3.63) is 35.9 Å². The summed E-state index contributed by atoms with van der Waals surface area (Å²) in [7, 11) is -3.88. The van der Waals surface area contributed by atoms with E-state index in [0.717, 1.165) is 0 Å². The number of benzene rings is 2. The number of hydrogen-bond acceptors (Lipinski definition) is 7. The van der Waals surface area contributed by atoms with E-state index in [9.17, 15) is 18.0 Å². The first-order valence-corrected chi connectivity index (χ1v) is 12.5. The average molecular weight is 488 g/mol. The molecule has 10 nitrogen and oxygen atoms in total. The normalized spacial score (nSPS) is 21.9. The molecule has 0 spiro atoms. The van der Waals surface area contributed by atoms with Crippen LogP contribution in [0.5, 0.6) is 17.2 Å². The Bertz CT molecular complexity index is 1280. The van der Waals surface area contributed by atoms with Crippen molar-refractivity contribution in [2.24, 2.45) is 5.92 Å². The molecule has 3 aliphatic heterocycles. The SMILES string of the molecule is Cc1cc2c(cc1S(=O)(=O)N1CCCC(C(=O)Nc3ccc4c(c3)OCO4)C1)OC(C)C(=O)N2. The Kier molecular flexibility index (Phi) is 5.61. The second-order valence-corrected chi connectivity index (χ2v) is 10.5. The molecule has 11 heteroatoms. The molecule has 2 unspecified atom stereocenters. The van der Waals surface area contributed by atoms with Crippen LogP contribution in [-0.2, 0) is 19.6 Å². The van der Waals surface area contributed by atoms with Crippen LogP contribution >= 0.6 is 0 Å². The van der Waals surface area contributed by atoms with Crippen LogP contribution in [0, 0.1) is 12.8 Å². The minimum Gasteiger partial charge on any atom is -0.479 e. The Morgan fingerprint density at radius 1 is 1.15 bits per heavy atom. The van der Waals surface area contributed by atoms with E-state index in [2.05, 4.69) is 10.6 Å². The molecule has 34 heavy (non-hydrogen) atoms. The third kappa shape index (κ3) is 4.05. The summed E-state index contributed by atoms with van der Waals surface area (Å²) >= 11 is 0. The van der Waals surface area contributed by atoms with Crippen LogP contribution in [0.15, 0.2) is 35.2 Å². The zero-order chi connectivity index (χ0) is 24.0. The maximum absolute atomic E-state index is 13.5. The Labute approximate surface area is 197 Å². The van der Waals surface area contributed by atoms with E-state index >= 15 is 0 Å². The van der Waals surface area contributed by atoms with Gasteiger partial charge in [0.1, 0.15) is 5.75 Å². The van der Waals surface area contributed by atoms with E-state index in [1.165, 1.54) is 10.4 Å². The molecular weight excluding hydrogens is 462 g/mol. The summed E-state index contributed by atoms with van der Waals surface area (Å²) in [5.41, 5.74) is 1.50. The summed E-state index contributed by atoms with van der Waals surface area (Å²) in [4.78, 5) is 24.9. The molecule has 1 saturated heterocycles. The summed E-state index contributed by atoms with van der Waals surface area (Å²) in [6.45, 7) is 3.80. The number of anilines is 2. The molecule has 2 N–H and O–H groups in total. The lowest BCUT2D eigenvalue weighted by atomic mass is 9.98. The molecule has 2 aromatic rings. The minimum absolute atomic E-state index is 0.0727. The van der Waals surface area contributed by atoms with Gasteiger partial charge in [-0.25, -0.2) is 8.42 Å². The number of sulfonamides is 1. The lowest BCUT2D eigenvalue weighted by Gasteiger charge is -2.32. The van der Waals surface area contributed by atoms with Crippen LogP contribution in [-0.4, -0.2) is 50.5 Å². The smallest absolute Gasteiger partial charge is 0.265 e. The molecule has 0 saturated carbocycles. The number of amides is 2. The van der Waals surface area contributed by atoms with E-state index in [-0.39, 0.29) is 30.0 Å². The first-order chi connectivity index (χ1) is 16.2. The fourth-order valence-corrected chi connectivity index (χ4v) is 6.10. The molecule has 2 atom stereocenters. The van der Waals surface area contributed by atoms with Gasteiger partial charge in [0.2, 0.25) is 22.7 Å². The van der Waals surface area contributed by atoms with Gasteiger partial charge in [0.15, 0.2) is 17.6 Å². The fourth-order valence-electron chi connectivity index (χ4n) is 4.35. The molecule has 3 heterocycles. The summed E-state index contributed by atoms with van der Waals surface area (Å²) in [6, 6.07) is 8.18. The minimum atomic E-state index is -3.88. The quantitative estimate of drug-likeness (QED) is 0.679. The van der Waals surface area contributed by atoms with Gasteiger partial charge in [0, 0.05) is 30.9 Å². The molecule has 1 fully saturated rings. The Morgan fingerprint density at radius 3 is 2.76 bits per heavy atom. The van der Waals surface area contributed by atoms with E-state index in [1.807, 2.05) is 0 Å². The number of nitrogens with zero attached hydrogens (tertiary/aromatic N) is 1. The van der Waals surface area contributed by atoms with Crippen molar-refractivity contribution < 1.29 is 32.2 Å². The van der Waals surface area contributed by atoms with Gasteiger partial charge in [0.05, 0.1) is 16.5 Å². The van der Waals surface area contributed by atoms with Crippen LogP contribution in [0.4, 0.5) is 11.4 Å². The van der Waals surface area contributed by atoms with Gasteiger partial charge in [-0.1, -0.05) is 0 Å². The topological polar surface area (TPSA) is 123 Å². The third-order valence-corrected chi connectivity index (χ3v) is 8.23. The monoisotopic (exact) mass is 487 g/mol. The van der Waals surface area contributed by atoms with Gasteiger partial charge in [0.25, 0.3) is 5.91 Å². The number of carbonyl (C=O) groups is 2. The lowest BCUT2D eigenvalue weighted by Crippen LogP contribution is -2.44. The lowest BCUT2D eigenvalue weighted by molar-refractivity contribution is -0.123. The summed E-state index contributed by atoms with van der Waals surface area (Å²) in [6.07, 6.45) is 0.426. The molecule has 180 valence electrons. The van der Waals surface area contributed by atoms with Crippen LogP contribution in [0.1, 0.15) is 25.3 Å². The number of nitrogens with one attached hydrogen (secondary N) is 2. The van der Waals surface area contributed by atoms with E-state index in [4.69, 9.17) is 14.2 Å². The fraction of sp³-hybridized carbons (Fsp3) is 0.391. The van der Waals surface area contributed by atoms with Gasteiger partial charge >= 0.3 is 0 Å². The Hall–Kier alpha value is -3.31. The number of ether oxygens (including phenoxy) is 3. The van der Waals surface area contributed by atoms with Crippen molar-refractivity contribution >= 4 is 33.2 Å². The Morgan fingerprint density at radius 2 is 1.94 bits per heavy atom. The van der Waals surface area contributed by atoms with Crippen molar-refractivity contribution in [3.8, 4) is 17.2 Å². The number of aryl methyl sites for hydroxylation is 1. The van der Waals surface area contributed by atoms with Crippen molar-refractivity contribution in [3.63, 3.8) is 0 Å². The van der Waals surface area contributed by atoms with Gasteiger partial charge in [-0.15, -0.1) is 0 Å². The molecular formula is C23H25N3O7S. The number of rotatable bonds is 4. The first-order valence-electron chi connectivity index (χ1n) is 11.1. The number of piperidine rings is 1. The summed E-state index contributed by atoms with van der Waals surface area (Å²) in [5.74, 6) is 0.455. The second kappa shape index (κ2) is 8.48. The maximum atomic E-state index is 13.5. The highest BCUT2D eigenvalue weighted by atomic mass is 32.2.